The number of hydrogen-bond acceptors (Lipinski definition) is 13. The second-order valence-electron chi connectivity index (χ2n) is 14.7. The minimum absolute atomic E-state index is 0.305. The lowest BCUT2D eigenvalue weighted by atomic mass is 10.0. The van der Waals surface area contributed by atoms with Gasteiger partial charge in [-0.25, -0.2) is 0 Å². The summed E-state index contributed by atoms with van der Waals surface area (Å²) in [7, 11) is 0. The SMILES string of the molecule is CC(C)[C@H](NC(=O)[C@H](C)N)C(=O)N[C@@H](CCC(=O)O)C(=O)N[C@@H](Cc1c[nH]c2ccccc12)C(=O)N[C@@H](CCC(=O)O)C(=O)N[C@@H](CO)C(=O)N[C@@H](CC(N)=O)C(=O)NCC(=O)O. The lowest BCUT2D eigenvalue weighted by molar-refractivity contribution is -0.140. The number of H-pyrrole nitrogens is 1. The van der Waals surface area contributed by atoms with Gasteiger partial charge in [-0.15, -0.1) is 0 Å². The Kier molecular flexibility index (Phi) is 20.6. The van der Waals surface area contributed by atoms with Gasteiger partial charge in [-0.3, -0.25) is 52.7 Å². The first-order valence-electron chi connectivity index (χ1n) is 19.5. The highest BCUT2D eigenvalue weighted by molar-refractivity contribution is 5.99. The van der Waals surface area contributed by atoms with E-state index in [1.54, 1.807) is 38.1 Å². The summed E-state index contributed by atoms with van der Waals surface area (Å²) in [6, 6.07) is -4.09. The predicted molar refractivity (Wildman–Crippen MR) is 217 cm³/mol. The maximum atomic E-state index is 14.2. The van der Waals surface area contributed by atoms with Crippen molar-refractivity contribution < 1.29 is 73.2 Å². The van der Waals surface area contributed by atoms with E-state index in [-0.39, 0.29) is 6.42 Å². The summed E-state index contributed by atoms with van der Waals surface area (Å²) in [6.45, 7) is 2.52. The summed E-state index contributed by atoms with van der Waals surface area (Å²) in [6.07, 6.45) is -2.09. The van der Waals surface area contributed by atoms with Gasteiger partial charge in [-0.2, -0.15) is 0 Å². The molecule has 63 heavy (non-hydrogen) atoms. The number of carboxylic acid groups (broad SMARTS) is 3. The van der Waals surface area contributed by atoms with Crippen LogP contribution in [0, 0.1) is 5.92 Å². The topological polar surface area (TPSA) is 421 Å². The molecule has 0 unspecified atom stereocenters. The fourth-order valence-electron chi connectivity index (χ4n) is 5.86. The Morgan fingerprint density at radius 2 is 1.11 bits per heavy atom. The fraction of sp³-hybridized carbons (Fsp3) is 0.500. The van der Waals surface area contributed by atoms with E-state index in [0.717, 1.165) is 0 Å². The van der Waals surface area contributed by atoms with Crippen molar-refractivity contribution in [3.63, 3.8) is 0 Å². The van der Waals surface area contributed by atoms with Gasteiger partial charge in [0.2, 0.25) is 47.3 Å². The molecular weight excluding hydrogens is 836 g/mol. The second-order valence-corrected chi connectivity index (χ2v) is 14.7. The first-order valence-corrected chi connectivity index (χ1v) is 19.5. The maximum Gasteiger partial charge on any atom is 0.322 e. The molecule has 0 saturated carbocycles. The first-order chi connectivity index (χ1) is 29.5. The molecule has 16 N–H and O–H groups in total. The molecular formula is C38H54N10O15. The van der Waals surface area contributed by atoms with Gasteiger partial charge in [0.15, 0.2) is 0 Å². The molecule has 25 nitrogen and oxygen atoms in total. The summed E-state index contributed by atoms with van der Waals surface area (Å²) in [4.78, 5) is 142. The van der Waals surface area contributed by atoms with Crippen LogP contribution >= 0.6 is 0 Å². The second kappa shape index (κ2) is 24.9. The van der Waals surface area contributed by atoms with Crippen molar-refractivity contribution in [3.05, 3.63) is 36.0 Å². The molecule has 7 atom stereocenters. The number of aromatic amines is 1. The molecule has 0 aliphatic carbocycles. The zero-order valence-corrected chi connectivity index (χ0v) is 34.6. The van der Waals surface area contributed by atoms with Crippen LogP contribution in [0.5, 0.6) is 0 Å². The largest absolute Gasteiger partial charge is 0.481 e. The number of carbonyl (C=O) groups excluding carboxylic acids is 8. The van der Waals surface area contributed by atoms with Crippen molar-refractivity contribution in [1.82, 2.24) is 42.2 Å². The Hall–Kier alpha value is -7.15. The lowest BCUT2D eigenvalue weighted by Crippen LogP contribution is -2.61. The number of nitrogens with one attached hydrogen (secondary N) is 8. The molecule has 0 fully saturated rings. The summed E-state index contributed by atoms with van der Waals surface area (Å²) in [5.74, 6) is -13.3. The van der Waals surface area contributed by atoms with Crippen LogP contribution in [0.4, 0.5) is 0 Å². The number of primary amides is 1. The first kappa shape index (κ1) is 52.0. The molecule has 8 amide bonds. The molecule has 0 spiro atoms. The third-order valence-corrected chi connectivity index (χ3v) is 9.22. The fourth-order valence-corrected chi connectivity index (χ4v) is 5.86. The summed E-state index contributed by atoms with van der Waals surface area (Å²) in [5, 5.41) is 54.2. The number of hydrogen-bond donors (Lipinski definition) is 14. The normalized spacial score (nSPS) is 14.3. The molecule has 1 heterocycles. The predicted octanol–water partition coefficient (Wildman–Crippen LogP) is -4.58. The lowest BCUT2D eigenvalue weighted by Gasteiger charge is -2.28. The number of benzene rings is 1. The number of nitrogens with two attached hydrogens (primary N) is 2. The van der Waals surface area contributed by atoms with E-state index >= 15 is 0 Å². The molecule has 0 radical (unpaired) electrons. The van der Waals surface area contributed by atoms with Gasteiger partial charge in [0, 0.05) is 36.4 Å². The number of carboxylic acids is 3. The minimum Gasteiger partial charge on any atom is -0.481 e. The molecule has 0 aliphatic heterocycles. The highest BCUT2D eigenvalue weighted by Crippen LogP contribution is 2.20. The van der Waals surface area contributed by atoms with Crippen molar-refractivity contribution in [2.45, 2.75) is 102 Å². The van der Waals surface area contributed by atoms with E-state index in [9.17, 15) is 68.1 Å². The van der Waals surface area contributed by atoms with Crippen LogP contribution in [0.15, 0.2) is 30.5 Å². The van der Waals surface area contributed by atoms with Crippen molar-refractivity contribution in [3.8, 4) is 0 Å². The number of para-hydroxylation sites is 1. The van der Waals surface area contributed by atoms with Crippen LogP contribution in [0.25, 0.3) is 10.9 Å². The van der Waals surface area contributed by atoms with Crippen molar-refractivity contribution in [1.29, 1.82) is 0 Å². The van der Waals surface area contributed by atoms with E-state index < -0.39 is 159 Å². The van der Waals surface area contributed by atoms with Crippen molar-refractivity contribution in [2.24, 2.45) is 17.4 Å². The molecule has 2 rings (SSSR count). The molecule has 2 aromatic rings. The third-order valence-electron chi connectivity index (χ3n) is 9.22. The van der Waals surface area contributed by atoms with E-state index in [1.165, 1.54) is 13.1 Å². The van der Waals surface area contributed by atoms with Gasteiger partial charge in [0.25, 0.3) is 0 Å². The molecule has 0 bridgehead atoms. The van der Waals surface area contributed by atoms with E-state index in [2.05, 4.69) is 36.9 Å². The van der Waals surface area contributed by atoms with Gasteiger partial charge in [-0.05, 0) is 37.3 Å². The number of aliphatic carboxylic acids is 3. The minimum atomic E-state index is -1.91. The van der Waals surface area contributed by atoms with Crippen LogP contribution in [0.3, 0.4) is 0 Å². The molecule has 0 aliphatic rings. The van der Waals surface area contributed by atoms with Gasteiger partial charge in [0.05, 0.1) is 19.1 Å². The monoisotopic (exact) mass is 890 g/mol. The van der Waals surface area contributed by atoms with Gasteiger partial charge >= 0.3 is 17.9 Å². The molecule has 0 saturated heterocycles. The number of amides is 8. The molecule has 346 valence electrons. The molecule has 25 heteroatoms. The summed E-state index contributed by atoms with van der Waals surface area (Å²) < 4.78 is 0. The zero-order chi connectivity index (χ0) is 47.6. The smallest absolute Gasteiger partial charge is 0.322 e. The van der Waals surface area contributed by atoms with Gasteiger partial charge in [-0.1, -0.05) is 32.0 Å². The van der Waals surface area contributed by atoms with Gasteiger partial charge < -0.3 is 74.1 Å². The number of carbonyl (C=O) groups is 11. The number of aliphatic hydroxyl groups is 1. The van der Waals surface area contributed by atoms with E-state index in [1.807, 2.05) is 5.32 Å². The van der Waals surface area contributed by atoms with Crippen LogP contribution < -0.4 is 48.7 Å². The Bertz CT molecular complexity index is 2020. The summed E-state index contributed by atoms with van der Waals surface area (Å²) in [5.41, 5.74) is 11.9. The molecule has 1 aromatic carbocycles. The summed E-state index contributed by atoms with van der Waals surface area (Å²) >= 11 is 0. The quantitative estimate of drug-likeness (QED) is 0.0401. The number of aliphatic hydroxyl groups excluding tert-OH is 1. The molecule has 1 aromatic heterocycles. The highest BCUT2D eigenvalue weighted by atomic mass is 16.4. The average molecular weight is 891 g/mol. The third kappa shape index (κ3) is 17.4. The Labute approximate surface area is 359 Å². The van der Waals surface area contributed by atoms with Crippen LogP contribution in [0.1, 0.15) is 58.4 Å². The Morgan fingerprint density at radius 3 is 1.62 bits per heavy atom. The number of rotatable bonds is 27. The van der Waals surface area contributed by atoms with E-state index in [4.69, 9.17) is 16.6 Å². The van der Waals surface area contributed by atoms with Crippen LogP contribution in [0.2, 0.25) is 0 Å². The van der Waals surface area contributed by atoms with E-state index in [0.29, 0.717) is 16.5 Å². The van der Waals surface area contributed by atoms with Crippen LogP contribution in [-0.2, 0) is 59.2 Å². The van der Waals surface area contributed by atoms with Crippen LogP contribution in [-0.4, -0.2) is 146 Å². The highest BCUT2D eigenvalue weighted by Gasteiger charge is 2.35. The zero-order valence-electron chi connectivity index (χ0n) is 34.6. The number of aromatic nitrogens is 1. The average Bonchev–Trinajstić information content (AvgIpc) is 3.61. The van der Waals surface area contributed by atoms with Gasteiger partial charge in [0.1, 0.15) is 42.8 Å². The Morgan fingerprint density at radius 1 is 0.619 bits per heavy atom. The number of fused-ring (bicyclic) bond motifs is 1. The van der Waals surface area contributed by atoms with Crippen molar-refractivity contribution in [2.75, 3.05) is 13.2 Å². The van der Waals surface area contributed by atoms with Crippen molar-refractivity contribution >= 4 is 76.1 Å². The maximum absolute atomic E-state index is 14.2. The standard InChI is InChI=1S/C38H54N10O15/c1-17(2)31(48-32(57)18(3)39)38(63)44-23(9-11-29(53)54)34(59)45-24(12-19-14-41-21-7-5-4-6-20(19)21)36(61)43-22(8-10-28(51)52)35(60)47-26(16-49)37(62)46-25(13-27(40)50)33(58)42-15-30(55)56/h4-7,14,17-18,22-26,31,41,49H,8-13,15-16,39H2,1-3H3,(H2,40,50)(H,42,58)(H,43,61)(H,44,63)(H,45,59)(H,46,62)(H,47,60)(H,48,57)(H,51,52)(H,53,54)(H,55,56)/t18-,22-,23-,24-,25-,26-,31-/m0/s1. The Balaban J connectivity index is 2.49.